The van der Waals surface area contributed by atoms with Crippen LogP contribution in [0.2, 0.25) is 18.1 Å². The van der Waals surface area contributed by atoms with Crippen molar-refractivity contribution in [1.82, 2.24) is 0 Å². The van der Waals surface area contributed by atoms with Crippen molar-refractivity contribution in [2.45, 2.75) is 51.9 Å². The van der Waals surface area contributed by atoms with E-state index >= 15 is 0 Å². The molecule has 0 aliphatic heterocycles. The van der Waals surface area contributed by atoms with Gasteiger partial charge in [-0.1, -0.05) is 20.8 Å². The minimum Gasteiger partial charge on any atom is -0.410 e. The smallest absolute Gasteiger partial charge is 0.269 e. The number of nitro benzene ring substituents is 1. The fourth-order valence-electron chi connectivity index (χ4n) is 2.31. The fraction of sp³-hybridized carbons (Fsp3) is 0.571. The van der Waals surface area contributed by atoms with Crippen LogP contribution in [0.5, 0.6) is 0 Å². The summed E-state index contributed by atoms with van der Waals surface area (Å²) in [5.74, 6) is 0. The van der Waals surface area contributed by atoms with E-state index in [4.69, 9.17) is 4.43 Å². The number of hydrogen-bond acceptors (Lipinski definition) is 3. The van der Waals surface area contributed by atoms with Crippen molar-refractivity contribution in [1.29, 1.82) is 0 Å². The van der Waals surface area contributed by atoms with Gasteiger partial charge in [0.2, 0.25) is 0 Å². The molecule has 0 aliphatic carbocycles. The van der Waals surface area contributed by atoms with Crippen LogP contribution in [-0.4, -0.2) is 13.2 Å². The molecule has 0 saturated carbocycles. The number of nitro groups is 1. The normalized spacial score (nSPS) is 13.3. The minimum atomic E-state index is -1.63. The highest BCUT2D eigenvalue weighted by molar-refractivity contribution is 6.73. The van der Waals surface area contributed by atoms with Gasteiger partial charge in [0.1, 0.15) is 0 Å². The second-order valence-electron chi connectivity index (χ2n) is 4.85. The number of benzene rings is 1. The van der Waals surface area contributed by atoms with E-state index in [-0.39, 0.29) is 16.7 Å². The summed E-state index contributed by atoms with van der Waals surface area (Å²) in [6, 6.07) is 10.0. The van der Waals surface area contributed by atoms with Crippen molar-refractivity contribution >= 4 is 14.0 Å². The van der Waals surface area contributed by atoms with Gasteiger partial charge in [-0.15, -0.1) is 0 Å². The van der Waals surface area contributed by atoms with E-state index in [2.05, 4.69) is 20.8 Å². The Hall–Kier alpha value is -1.20. The summed E-state index contributed by atoms with van der Waals surface area (Å²) in [6.07, 6.45) is 0.00678. The first-order valence-corrected chi connectivity index (χ1v) is 9.43. The van der Waals surface area contributed by atoms with Gasteiger partial charge in [-0.05, 0) is 42.8 Å². The zero-order chi connectivity index (χ0) is 14.5. The van der Waals surface area contributed by atoms with Gasteiger partial charge in [-0.2, -0.15) is 0 Å². The number of non-ortho nitro benzene ring substituents is 1. The van der Waals surface area contributed by atoms with Crippen LogP contribution in [0.3, 0.4) is 0 Å². The monoisotopic (exact) mass is 281 g/mol. The molecule has 0 radical (unpaired) electrons. The molecule has 0 amide bonds. The number of nitrogens with zero attached hydrogens (tertiary/aromatic N) is 1. The van der Waals surface area contributed by atoms with Crippen molar-refractivity contribution in [2.75, 3.05) is 0 Å². The molecule has 106 valence electrons. The van der Waals surface area contributed by atoms with Gasteiger partial charge >= 0.3 is 0 Å². The molecule has 0 N–H and O–H groups in total. The molecule has 0 fully saturated rings. The molecule has 0 bridgehead atoms. The Kier molecular flexibility index (Phi) is 5.69. The molecule has 0 heterocycles. The van der Waals surface area contributed by atoms with Crippen LogP contribution in [0, 0.1) is 10.1 Å². The molecule has 0 saturated heterocycles. The lowest BCUT2D eigenvalue weighted by Gasteiger charge is -2.31. The summed E-state index contributed by atoms with van der Waals surface area (Å²) in [7, 11) is -1.63. The van der Waals surface area contributed by atoms with Gasteiger partial charge in [0, 0.05) is 12.1 Å². The molecule has 0 spiro atoms. The van der Waals surface area contributed by atoms with Gasteiger partial charge in [0.05, 0.1) is 11.0 Å². The zero-order valence-corrected chi connectivity index (χ0v) is 13.2. The summed E-state index contributed by atoms with van der Waals surface area (Å²) in [5.41, 5.74) is 1.14. The standard InChI is InChI=1S/C14H23NO3Si/c1-5-19(6-2,7-3)18-12(4)13-8-10-14(11-9-13)15(16)17/h8-12H,5-7H2,1-4H3. The number of rotatable bonds is 7. The Labute approximate surface area is 116 Å². The molecule has 5 heteroatoms. The minimum absolute atomic E-state index is 0.00678. The molecule has 4 nitrogen and oxygen atoms in total. The van der Waals surface area contributed by atoms with Crippen LogP contribution in [0.15, 0.2) is 24.3 Å². The Morgan fingerprint density at radius 3 is 2.00 bits per heavy atom. The van der Waals surface area contributed by atoms with Crippen LogP contribution in [0.25, 0.3) is 0 Å². The molecule has 19 heavy (non-hydrogen) atoms. The van der Waals surface area contributed by atoms with Gasteiger partial charge in [-0.25, -0.2) is 0 Å². The van der Waals surface area contributed by atoms with Crippen LogP contribution >= 0.6 is 0 Å². The maximum atomic E-state index is 10.6. The van der Waals surface area contributed by atoms with Crippen molar-refractivity contribution in [3.8, 4) is 0 Å². The zero-order valence-electron chi connectivity index (χ0n) is 12.2. The Balaban J connectivity index is 2.82. The molecule has 1 aromatic rings. The average molecular weight is 281 g/mol. The lowest BCUT2D eigenvalue weighted by atomic mass is 10.1. The van der Waals surface area contributed by atoms with Crippen molar-refractivity contribution < 1.29 is 9.35 Å². The molecule has 1 atom stereocenters. The maximum absolute atomic E-state index is 10.6. The maximum Gasteiger partial charge on any atom is 0.269 e. The van der Waals surface area contributed by atoms with Crippen LogP contribution in [0.4, 0.5) is 5.69 Å². The fourth-order valence-corrected chi connectivity index (χ4v) is 5.20. The summed E-state index contributed by atoms with van der Waals surface area (Å²) >= 11 is 0. The largest absolute Gasteiger partial charge is 0.410 e. The van der Waals surface area contributed by atoms with E-state index in [0.29, 0.717) is 0 Å². The second kappa shape index (κ2) is 6.82. The number of hydrogen-bond donors (Lipinski definition) is 0. The van der Waals surface area contributed by atoms with Crippen LogP contribution < -0.4 is 0 Å². The second-order valence-corrected chi connectivity index (χ2v) is 9.58. The van der Waals surface area contributed by atoms with E-state index in [1.807, 2.05) is 6.92 Å². The van der Waals surface area contributed by atoms with Gasteiger partial charge < -0.3 is 4.43 Å². The van der Waals surface area contributed by atoms with E-state index in [1.165, 1.54) is 0 Å². The highest BCUT2D eigenvalue weighted by Gasteiger charge is 2.31. The van der Waals surface area contributed by atoms with E-state index in [0.717, 1.165) is 23.7 Å². The topological polar surface area (TPSA) is 52.4 Å². The van der Waals surface area contributed by atoms with Gasteiger partial charge in [-0.3, -0.25) is 10.1 Å². The van der Waals surface area contributed by atoms with E-state index in [9.17, 15) is 10.1 Å². The molecular formula is C14H23NO3Si. The molecule has 1 aromatic carbocycles. The SMILES string of the molecule is CC[Si](CC)(CC)OC(C)c1ccc([N+](=O)[O-])cc1. The first-order valence-electron chi connectivity index (χ1n) is 6.90. The average Bonchev–Trinajstić information content (AvgIpc) is 2.45. The van der Waals surface area contributed by atoms with Gasteiger partial charge in [0.15, 0.2) is 8.32 Å². The first-order chi connectivity index (χ1) is 8.98. The molecule has 1 unspecified atom stereocenters. The summed E-state index contributed by atoms with van der Waals surface area (Å²) in [4.78, 5) is 10.3. The summed E-state index contributed by atoms with van der Waals surface area (Å²) in [5, 5.41) is 10.6. The third-order valence-electron chi connectivity index (χ3n) is 3.93. The van der Waals surface area contributed by atoms with E-state index < -0.39 is 8.32 Å². The highest BCUT2D eigenvalue weighted by Crippen LogP contribution is 2.30. The lowest BCUT2D eigenvalue weighted by Crippen LogP contribution is -2.36. The quantitative estimate of drug-likeness (QED) is 0.414. The lowest BCUT2D eigenvalue weighted by molar-refractivity contribution is -0.384. The molecule has 0 aliphatic rings. The molecule has 1 rings (SSSR count). The van der Waals surface area contributed by atoms with Gasteiger partial charge in [0.25, 0.3) is 5.69 Å². The molecular weight excluding hydrogens is 258 g/mol. The van der Waals surface area contributed by atoms with Crippen LogP contribution in [-0.2, 0) is 4.43 Å². The third kappa shape index (κ3) is 3.88. The highest BCUT2D eigenvalue weighted by atomic mass is 28.4. The Morgan fingerprint density at radius 2 is 1.63 bits per heavy atom. The summed E-state index contributed by atoms with van der Waals surface area (Å²) < 4.78 is 6.34. The van der Waals surface area contributed by atoms with Crippen molar-refractivity contribution in [3.05, 3.63) is 39.9 Å². The first kappa shape index (κ1) is 15.9. The predicted molar refractivity (Wildman–Crippen MR) is 79.8 cm³/mol. The predicted octanol–water partition coefficient (Wildman–Crippen LogP) is 4.68. The van der Waals surface area contributed by atoms with Crippen molar-refractivity contribution in [3.63, 3.8) is 0 Å². The Bertz CT molecular complexity index is 407. The van der Waals surface area contributed by atoms with E-state index in [1.54, 1.807) is 24.3 Å². The molecule has 0 aromatic heterocycles. The third-order valence-corrected chi connectivity index (χ3v) is 8.65. The summed E-state index contributed by atoms with van der Waals surface area (Å²) in [6.45, 7) is 8.62. The van der Waals surface area contributed by atoms with Crippen LogP contribution in [0.1, 0.15) is 39.4 Å². The Morgan fingerprint density at radius 1 is 1.16 bits per heavy atom. The van der Waals surface area contributed by atoms with Crippen molar-refractivity contribution in [2.24, 2.45) is 0 Å².